The molecule has 0 spiro atoms. The lowest BCUT2D eigenvalue weighted by Gasteiger charge is -2.08. The van der Waals surface area contributed by atoms with Crippen molar-refractivity contribution in [2.45, 2.75) is 13.8 Å². The zero-order valence-electron chi connectivity index (χ0n) is 11.8. The third-order valence-electron chi connectivity index (χ3n) is 2.71. The first kappa shape index (κ1) is 15.1. The largest absolute Gasteiger partial charge is 0.462 e. The average molecular weight is 304 g/mol. The Labute approximate surface area is 126 Å². The molecule has 0 fully saturated rings. The molecule has 110 valence electrons. The van der Waals surface area contributed by atoms with Crippen LogP contribution in [0.1, 0.15) is 22.8 Å². The molecule has 0 saturated carbocycles. The summed E-state index contributed by atoms with van der Waals surface area (Å²) >= 11 is 1.30. The number of nitrogens with one attached hydrogen (secondary N) is 2. The van der Waals surface area contributed by atoms with Crippen molar-refractivity contribution in [1.29, 1.82) is 0 Å². The number of amides is 2. The van der Waals surface area contributed by atoms with E-state index in [0.717, 1.165) is 5.56 Å². The summed E-state index contributed by atoms with van der Waals surface area (Å²) in [4.78, 5) is 23.9. The molecule has 5 nitrogen and oxygen atoms in total. The normalized spacial score (nSPS) is 10.0. The van der Waals surface area contributed by atoms with Gasteiger partial charge < -0.3 is 10.1 Å². The fourth-order valence-electron chi connectivity index (χ4n) is 1.78. The minimum Gasteiger partial charge on any atom is -0.462 e. The first-order chi connectivity index (χ1) is 10.1. The number of carbonyl (C=O) groups excluding carboxylic acids is 2. The molecule has 2 amide bonds. The van der Waals surface area contributed by atoms with Crippen molar-refractivity contribution in [1.82, 2.24) is 0 Å². The minimum atomic E-state index is -0.425. The van der Waals surface area contributed by atoms with Crippen LogP contribution in [-0.2, 0) is 4.74 Å². The van der Waals surface area contributed by atoms with Crippen LogP contribution in [0.3, 0.4) is 0 Å². The standard InChI is InChI=1S/C15H16N2O3S/c1-3-20-14(18)12-10(2)9-21-13(12)17-15(19)16-11-7-5-4-6-8-11/h4-9H,3H2,1-2H3,(H2,16,17,19). The molecule has 0 bridgehead atoms. The Morgan fingerprint density at radius 2 is 1.90 bits per heavy atom. The molecule has 2 N–H and O–H groups in total. The van der Waals surface area contributed by atoms with E-state index in [2.05, 4.69) is 10.6 Å². The Kier molecular flexibility index (Phi) is 4.94. The lowest BCUT2D eigenvalue weighted by Crippen LogP contribution is -2.20. The number of aryl methyl sites for hydroxylation is 1. The number of rotatable bonds is 4. The quantitative estimate of drug-likeness (QED) is 0.842. The van der Waals surface area contributed by atoms with Gasteiger partial charge in [0.15, 0.2) is 0 Å². The molecule has 0 atom stereocenters. The van der Waals surface area contributed by atoms with Crippen LogP contribution in [0.2, 0.25) is 0 Å². The lowest BCUT2D eigenvalue weighted by molar-refractivity contribution is 0.0527. The van der Waals surface area contributed by atoms with Gasteiger partial charge >= 0.3 is 12.0 Å². The van der Waals surface area contributed by atoms with Crippen molar-refractivity contribution in [3.05, 3.63) is 46.8 Å². The maximum Gasteiger partial charge on any atom is 0.341 e. The highest BCUT2D eigenvalue weighted by atomic mass is 32.1. The molecule has 2 rings (SSSR count). The number of hydrogen-bond acceptors (Lipinski definition) is 4. The van der Waals surface area contributed by atoms with Crippen LogP contribution in [0.25, 0.3) is 0 Å². The highest BCUT2D eigenvalue weighted by Gasteiger charge is 2.19. The van der Waals surface area contributed by atoms with E-state index < -0.39 is 12.0 Å². The van der Waals surface area contributed by atoms with Gasteiger partial charge in [-0.15, -0.1) is 11.3 Å². The average Bonchev–Trinajstić information content (AvgIpc) is 2.81. The van der Waals surface area contributed by atoms with Gasteiger partial charge in [0.1, 0.15) is 5.00 Å². The summed E-state index contributed by atoms with van der Waals surface area (Å²) in [5.41, 5.74) is 1.87. The topological polar surface area (TPSA) is 67.4 Å². The van der Waals surface area contributed by atoms with Gasteiger partial charge in [-0.25, -0.2) is 9.59 Å². The van der Waals surface area contributed by atoms with Crippen molar-refractivity contribution in [3.63, 3.8) is 0 Å². The van der Waals surface area contributed by atoms with E-state index in [4.69, 9.17) is 4.74 Å². The number of anilines is 2. The number of ether oxygens (including phenoxy) is 1. The first-order valence-corrected chi connectivity index (χ1v) is 7.38. The SMILES string of the molecule is CCOC(=O)c1c(C)csc1NC(=O)Nc1ccccc1. The molecule has 1 aromatic heterocycles. The highest BCUT2D eigenvalue weighted by molar-refractivity contribution is 7.15. The molecule has 0 radical (unpaired) electrons. The van der Waals surface area contributed by atoms with Gasteiger partial charge in [-0.2, -0.15) is 0 Å². The number of hydrogen-bond donors (Lipinski definition) is 2. The van der Waals surface area contributed by atoms with Gasteiger partial charge in [0, 0.05) is 5.69 Å². The van der Waals surface area contributed by atoms with Crippen molar-refractivity contribution < 1.29 is 14.3 Å². The Hall–Kier alpha value is -2.34. The fraction of sp³-hybridized carbons (Fsp3) is 0.200. The number of urea groups is 1. The summed E-state index contributed by atoms with van der Waals surface area (Å²) in [5, 5.41) is 7.68. The number of carbonyl (C=O) groups is 2. The minimum absolute atomic E-state index is 0.295. The Morgan fingerprint density at radius 1 is 1.19 bits per heavy atom. The highest BCUT2D eigenvalue weighted by Crippen LogP contribution is 2.28. The van der Waals surface area contributed by atoms with E-state index in [1.807, 2.05) is 30.5 Å². The number of thiophene rings is 1. The van der Waals surface area contributed by atoms with Crippen molar-refractivity contribution in [2.75, 3.05) is 17.2 Å². The predicted octanol–water partition coefficient (Wildman–Crippen LogP) is 3.88. The van der Waals surface area contributed by atoms with E-state index in [0.29, 0.717) is 22.9 Å². The van der Waals surface area contributed by atoms with E-state index >= 15 is 0 Å². The molecule has 1 heterocycles. The van der Waals surface area contributed by atoms with Gasteiger partial charge in [0.2, 0.25) is 0 Å². The second-order valence-corrected chi connectivity index (χ2v) is 5.17. The summed E-state index contributed by atoms with van der Waals surface area (Å²) in [6.45, 7) is 3.85. The summed E-state index contributed by atoms with van der Waals surface area (Å²) in [7, 11) is 0. The lowest BCUT2D eigenvalue weighted by atomic mass is 10.2. The monoisotopic (exact) mass is 304 g/mol. The Morgan fingerprint density at radius 3 is 2.57 bits per heavy atom. The van der Waals surface area contributed by atoms with Gasteiger partial charge in [-0.1, -0.05) is 18.2 Å². The first-order valence-electron chi connectivity index (χ1n) is 6.50. The molecular weight excluding hydrogens is 288 g/mol. The van der Waals surface area contributed by atoms with E-state index in [1.54, 1.807) is 19.1 Å². The van der Waals surface area contributed by atoms with Crippen LogP contribution in [0.5, 0.6) is 0 Å². The number of para-hydroxylation sites is 1. The number of esters is 1. The number of benzene rings is 1. The smallest absolute Gasteiger partial charge is 0.341 e. The molecule has 0 aliphatic rings. The second-order valence-electron chi connectivity index (χ2n) is 4.29. The molecule has 21 heavy (non-hydrogen) atoms. The van der Waals surface area contributed by atoms with Crippen LogP contribution < -0.4 is 10.6 Å². The second kappa shape index (κ2) is 6.90. The molecule has 0 saturated heterocycles. The van der Waals surface area contributed by atoms with Gasteiger partial charge in [-0.3, -0.25) is 5.32 Å². The summed E-state index contributed by atoms with van der Waals surface area (Å²) in [6.07, 6.45) is 0. The van der Waals surface area contributed by atoms with Crippen molar-refractivity contribution in [2.24, 2.45) is 0 Å². The zero-order valence-corrected chi connectivity index (χ0v) is 12.6. The maximum atomic E-state index is 12.0. The molecule has 2 aromatic rings. The molecule has 0 aliphatic carbocycles. The van der Waals surface area contributed by atoms with Gasteiger partial charge in [-0.05, 0) is 36.9 Å². The molecule has 1 aromatic carbocycles. The van der Waals surface area contributed by atoms with Crippen LogP contribution >= 0.6 is 11.3 Å². The Bertz CT molecular complexity index is 638. The third kappa shape index (κ3) is 3.82. The van der Waals surface area contributed by atoms with Crippen LogP contribution in [0.4, 0.5) is 15.5 Å². The van der Waals surface area contributed by atoms with Crippen LogP contribution in [-0.4, -0.2) is 18.6 Å². The predicted molar refractivity (Wildman–Crippen MR) is 84.1 cm³/mol. The van der Waals surface area contributed by atoms with E-state index in [-0.39, 0.29) is 0 Å². The van der Waals surface area contributed by atoms with Crippen LogP contribution in [0, 0.1) is 6.92 Å². The fourth-order valence-corrected chi connectivity index (χ4v) is 2.71. The molecular formula is C15H16N2O3S. The zero-order chi connectivity index (χ0) is 15.2. The van der Waals surface area contributed by atoms with Crippen molar-refractivity contribution in [3.8, 4) is 0 Å². The third-order valence-corrected chi connectivity index (χ3v) is 3.73. The summed E-state index contributed by atoms with van der Waals surface area (Å²) in [6, 6.07) is 8.69. The summed E-state index contributed by atoms with van der Waals surface area (Å²) in [5.74, 6) is -0.425. The van der Waals surface area contributed by atoms with Crippen LogP contribution in [0.15, 0.2) is 35.7 Å². The Balaban J connectivity index is 2.09. The molecule has 0 aliphatic heterocycles. The molecule has 0 unspecified atom stereocenters. The summed E-state index contributed by atoms with van der Waals surface area (Å²) < 4.78 is 5.00. The molecule has 6 heteroatoms. The van der Waals surface area contributed by atoms with Gasteiger partial charge in [0.05, 0.1) is 12.2 Å². The van der Waals surface area contributed by atoms with Gasteiger partial charge in [0.25, 0.3) is 0 Å². The van der Waals surface area contributed by atoms with E-state index in [1.165, 1.54) is 11.3 Å². The van der Waals surface area contributed by atoms with Crippen molar-refractivity contribution >= 4 is 34.0 Å². The van der Waals surface area contributed by atoms with E-state index in [9.17, 15) is 9.59 Å². The maximum absolute atomic E-state index is 12.0.